The van der Waals surface area contributed by atoms with Crippen LogP contribution in [0.2, 0.25) is 0 Å². The zero-order valence-electron chi connectivity index (χ0n) is 2.75. The first-order chi connectivity index (χ1) is 2.87. The predicted octanol–water partition coefficient (Wildman–Crippen LogP) is 2.85. The minimum absolute atomic E-state index is 0.337. The van der Waals surface area contributed by atoms with Crippen molar-refractivity contribution < 1.29 is 4.57 Å². The fourth-order valence-electron chi connectivity index (χ4n) is 0.719. The molecule has 1 spiro atoms. The van der Waals surface area contributed by atoms with E-state index >= 15 is 0 Å². The van der Waals surface area contributed by atoms with Gasteiger partial charge in [0.15, 0.2) is 0 Å². The maximum absolute atomic E-state index is 10.5. The standard InChI is InChI=1S/CHOP4/c2-4-1-3-5(1)6(1)4/h3H/q+1. The summed E-state index contributed by atoms with van der Waals surface area (Å²) in [6.45, 7) is 0. The number of fused-ring (bicyclic) bond motifs is 1. The summed E-state index contributed by atoms with van der Waals surface area (Å²) in [4.78, 5) is 0. The summed E-state index contributed by atoms with van der Waals surface area (Å²) in [5.74, 6) is 0. The number of hydrogen-bond acceptors (Lipinski definition) is 1. The van der Waals surface area contributed by atoms with Crippen LogP contribution in [-0.4, -0.2) is 4.38 Å². The van der Waals surface area contributed by atoms with Gasteiger partial charge in [0.1, 0.15) is 0 Å². The molecule has 3 saturated heterocycles. The van der Waals surface area contributed by atoms with Gasteiger partial charge >= 0.3 is 7.49 Å². The molecule has 3 aliphatic heterocycles. The van der Waals surface area contributed by atoms with Crippen LogP contribution in [0, 0.1) is 0 Å². The molecule has 0 aromatic carbocycles. The van der Waals surface area contributed by atoms with E-state index in [1.807, 2.05) is 0 Å². The molecule has 3 fully saturated rings. The van der Waals surface area contributed by atoms with Crippen LogP contribution in [0.1, 0.15) is 0 Å². The molecule has 0 radical (unpaired) electrons. The lowest BCUT2D eigenvalue weighted by atomic mass is 11.8. The molecule has 3 heterocycles. The molecule has 0 saturated carbocycles. The highest BCUT2D eigenvalue weighted by Crippen LogP contribution is 3.54. The Morgan fingerprint density at radius 1 is 1.83 bits per heavy atom. The summed E-state index contributed by atoms with van der Waals surface area (Å²) in [7, 11) is 1.65. The molecule has 30 valence electrons. The molecule has 6 heavy (non-hydrogen) atoms. The molecule has 0 N–H and O–H groups in total. The Labute approximate surface area is 40.0 Å². The van der Waals surface area contributed by atoms with Crippen LogP contribution in [0.15, 0.2) is 0 Å². The Balaban J connectivity index is 2.39. The highest BCUT2D eigenvalue weighted by Gasteiger charge is 3.18. The van der Waals surface area contributed by atoms with E-state index in [1.54, 1.807) is 0 Å². The van der Waals surface area contributed by atoms with E-state index in [-0.39, 0.29) is 0 Å². The highest BCUT2D eigenvalue weighted by molar-refractivity contribution is 9.15. The first-order valence-electron chi connectivity index (χ1n) is 1.73. The van der Waals surface area contributed by atoms with Crippen molar-refractivity contribution in [1.29, 1.82) is 0 Å². The summed E-state index contributed by atoms with van der Waals surface area (Å²) in [5, 5.41) is 0. The molecule has 0 aromatic rings. The SMILES string of the molecule is O=[P+]1P2P3PC321. The van der Waals surface area contributed by atoms with Crippen molar-refractivity contribution in [1.82, 2.24) is 0 Å². The van der Waals surface area contributed by atoms with Gasteiger partial charge in [-0.2, -0.15) is 0 Å². The van der Waals surface area contributed by atoms with Gasteiger partial charge in [0.25, 0.3) is 11.7 Å². The zero-order valence-corrected chi connectivity index (χ0v) is 6.43. The van der Waals surface area contributed by atoms with Crippen molar-refractivity contribution in [2.75, 3.05) is 0 Å². The summed E-state index contributed by atoms with van der Waals surface area (Å²) in [5.41, 5.74) is 0. The summed E-state index contributed by atoms with van der Waals surface area (Å²) in [6, 6.07) is 0. The molecule has 0 aromatic heterocycles. The average molecular weight is 153 g/mol. The maximum atomic E-state index is 10.5. The zero-order chi connectivity index (χ0) is 3.94. The molecule has 5 heteroatoms. The normalized spacial score (nSPS) is 88.3. The van der Waals surface area contributed by atoms with Gasteiger partial charge in [0.2, 0.25) is 0 Å². The Hall–Kier alpha value is 1.39. The third-order valence-corrected chi connectivity index (χ3v) is 29.7. The third kappa shape index (κ3) is 0.149. The molecule has 0 bridgehead atoms. The van der Waals surface area contributed by atoms with E-state index < -0.39 is 7.49 Å². The van der Waals surface area contributed by atoms with Crippen molar-refractivity contribution in [2.24, 2.45) is 0 Å². The van der Waals surface area contributed by atoms with Crippen molar-refractivity contribution in [3.05, 3.63) is 0 Å². The quantitative estimate of drug-likeness (QED) is 0.489. The van der Waals surface area contributed by atoms with Crippen LogP contribution >= 0.6 is 30.4 Å². The lowest BCUT2D eigenvalue weighted by Gasteiger charge is -1.50. The Bertz CT molecular complexity index is 165. The minimum atomic E-state index is -0.486. The maximum Gasteiger partial charge on any atom is 0.391 e. The van der Waals surface area contributed by atoms with E-state index in [1.165, 1.54) is 8.27 Å². The van der Waals surface area contributed by atoms with Crippen LogP contribution in [0.25, 0.3) is 0 Å². The van der Waals surface area contributed by atoms with Gasteiger partial charge in [0, 0.05) is 0 Å². The van der Waals surface area contributed by atoms with Gasteiger partial charge in [-0.1, -0.05) is 4.57 Å². The van der Waals surface area contributed by atoms with Crippen LogP contribution in [0.4, 0.5) is 0 Å². The van der Waals surface area contributed by atoms with Gasteiger partial charge in [-0.25, -0.2) is 0 Å². The van der Waals surface area contributed by atoms with Crippen molar-refractivity contribution in [3.8, 4) is 0 Å². The molecule has 3 rings (SSSR count). The van der Waals surface area contributed by atoms with Gasteiger partial charge in [0.05, 0.1) is 7.30 Å². The molecule has 0 aliphatic carbocycles. The van der Waals surface area contributed by atoms with Crippen molar-refractivity contribution in [2.45, 2.75) is 4.38 Å². The Morgan fingerprint density at radius 2 is 2.50 bits per heavy atom. The molecular weight excluding hydrogens is 152 g/mol. The van der Waals surface area contributed by atoms with Gasteiger partial charge in [-0.15, -0.1) is 0 Å². The van der Waals surface area contributed by atoms with E-state index in [0.717, 1.165) is 0 Å². The monoisotopic (exact) mass is 153 g/mol. The summed E-state index contributed by atoms with van der Waals surface area (Å²) < 4.78 is 11.2. The first kappa shape index (κ1) is 3.42. The first-order valence-corrected chi connectivity index (χ1v) is 8.92. The fraction of sp³-hybridized carbons (Fsp3) is 1.00. The lowest BCUT2D eigenvalue weighted by Crippen LogP contribution is -1.38. The smallest absolute Gasteiger partial charge is 0.0696 e. The van der Waals surface area contributed by atoms with E-state index in [2.05, 4.69) is 0 Å². The fourth-order valence-corrected chi connectivity index (χ4v) is 37.0. The highest BCUT2D eigenvalue weighted by atomic mass is 32.8. The summed E-state index contributed by atoms with van der Waals surface area (Å²) in [6.07, 6.45) is 0. The van der Waals surface area contributed by atoms with Crippen LogP contribution in [0.3, 0.4) is 0 Å². The molecule has 3 aliphatic rings. The third-order valence-electron chi connectivity index (χ3n) is 1.33. The van der Waals surface area contributed by atoms with Crippen LogP contribution < -0.4 is 0 Å². The average Bonchev–Trinajstić information content (AvgIpc) is 2.13. The lowest BCUT2D eigenvalue weighted by molar-refractivity contribution is 0.599. The second-order valence-electron chi connectivity index (χ2n) is 1.62. The van der Waals surface area contributed by atoms with Crippen LogP contribution in [0.5, 0.6) is 0 Å². The number of hydrogen-bond donors (Lipinski definition) is 0. The largest absolute Gasteiger partial charge is 0.391 e. The van der Waals surface area contributed by atoms with E-state index in [0.29, 0.717) is 19.0 Å². The number of rotatable bonds is 0. The van der Waals surface area contributed by atoms with Gasteiger partial charge < -0.3 is 0 Å². The Kier molecular flexibility index (Phi) is 0.350. The van der Waals surface area contributed by atoms with Crippen molar-refractivity contribution in [3.63, 3.8) is 0 Å². The molecule has 0 amide bonds. The van der Waals surface area contributed by atoms with Gasteiger partial charge in [-0.3, -0.25) is 0 Å². The summed E-state index contributed by atoms with van der Waals surface area (Å²) >= 11 is 0. The predicted molar refractivity (Wildman–Crippen MR) is 32.5 cm³/mol. The van der Waals surface area contributed by atoms with E-state index in [4.69, 9.17) is 0 Å². The molecule has 1 nitrogen and oxygen atoms in total. The minimum Gasteiger partial charge on any atom is -0.0696 e. The van der Waals surface area contributed by atoms with Gasteiger partial charge in [-0.05, 0) is 8.27 Å². The second-order valence-corrected chi connectivity index (χ2v) is 17.5. The Morgan fingerprint density at radius 3 is 2.50 bits per heavy atom. The van der Waals surface area contributed by atoms with Crippen molar-refractivity contribution >= 4 is 30.4 Å². The van der Waals surface area contributed by atoms with E-state index in [9.17, 15) is 4.57 Å². The second kappa shape index (κ2) is 0.614. The molecular formula is CHOP4+. The molecule has 5 atom stereocenters. The topological polar surface area (TPSA) is 17.1 Å². The molecule has 5 unspecified atom stereocenters. The van der Waals surface area contributed by atoms with Crippen LogP contribution in [-0.2, 0) is 4.57 Å².